The summed E-state index contributed by atoms with van der Waals surface area (Å²) in [5.74, 6) is 0. The minimum atomic E-state index is -0.990. The maximum Gasteiger partial charge on any atom is 0.114 e. The summed E-state index contributed by atoms with van der Waals surface area (Å²) in [6, 6.07) is 0. The van der Waals surface area contributed by atoms with Crippen molar-refractivity contribution in [3.05, 3.63) is 12.2 Å². The first-order valence-corrected chi connectivity index (χ1v) is 8.05. The third kappa shape index (κ3) is 6.89. The molecule has 0 aromatic carbocycles. The van der Waals surface area contributed by atoms with E-state index in [0.717, 1.165) is 12.8 Å². The van der Waals surface area contributed by atoms with Crippen molar-refractivity contribution in [1.82, 2.24) is 0 Å². The average molecular weight is 302 g/mol. The average Bonchev–Trinajstić information content (AvgIpc) is 2.82. The Morgan fingerprint density at radius 3 is 2.57 bits per heavy atom. The molecule has 1 saturated heterocycles. The van der Waals surface area contributed by atoms with Crippen LogP contribution in [0, 0.1) is 0 Å². The summed E-state index contributed by atoms with van der Waals surface area (Å²) in [6.45, 7) is 2.53. The summed E-state index contributed by atoms with van der Waals surface area (Å²) in [5.41, 5.74) is 0. The van der Waals surface area contributed by atoms with E-state index in [1.165, 1.54) is 25.7 Å². The van der Waals surface area contributed by atoms with Gasteiger partial charge in [0.1, 0.15) is 24.4 Å². The molecule has 4 atom stereocenters. The molecule has 3 N–H and O–H groups in total. The zero-order valence-electron chi connectivity index (χ0n) is 13.0. The van der Waals surface area contributed by atoms with Gasteiger partial charge in [0.25, 0.3) is 0 Å². The molecule has 1 fully saturated rings. The van der Waals surface area contributed by atoms with Gasteiger partial charge in [-0.25, -0.2) is 0 Å². The molecule has 0 unspecified atom stereocenters. The van der Waals surface area contributed by atoms with Crippen molar-refractivity contribution in [3.8, 4) is 0 Å². The molecule has 0 bridgehead atoms. The van der Waals surface area contributed by atoms with Crippen LogP contribution in [0.25, 0.3) is 0 Å². The summed E-state index contributed by atoms with van der Waals surface area (Å²) in [5, 5.41) is 28.4. The van der Waals surface area contributed by atoms with Crippen LogP contribution in [0.3, 0.4) is 0 Å². The highest BCUT2D eigenvalue weighted by atomic mass is 16.6. The number of rotatable bonds is 11. The fourth-order valence-corrected chi connectivity index (χ4v) is 2.42. The van der Waals surface area contributed by atoms with E-state index in [4.69, 9.17) is 9.47 Å². The number of unbranched alkanes of at least 4 members (excludes halogenated alkanes) is 4. The van der Waals surface area contributed by atoms with Crippen molar-refractivity contribution in [3.63, 3.8) is 0 Å². The van der Waals surface area contributed by atoms with Gasteiger partial charge in [0.05, 0.1) is 19.8 Å². The molecule has 21 heavy (non-hydrogen) atoms. The van der Waals surface area contributed by atoms with Gasteiger partial charge in [0.2, 0.25) is 0 Å². The monoisotopic (exact) mass is 302 g/mol. The Balaban J connectivity index is 2.11. The normalized spacial score (nSPS) is 27.5. The summed E-state index contributed by atoms with van der Waals surface area (Å²) in [7, 11) is 0. The molecule has 1 heterocycles. The molecular formula is C16H30O5. The fraction of sp³-hybridized carbons (Fsp3) is 0.875. The molecule has 0 spiro atoms. The van der Waals surface area contributed by atoms with E-state index < -0.39 is 24.4 Å². The highest BCUT2D eigenvalue weighted by molar-refractivity contribution is 4.89. The van der Waals surface area contributed by atoms with Gasteiger partial charge in [-0.1, -0.05) is 38.3 Å². The second-order valence-corrected chi connectivity index (χ2v) is 5.56. The Hall–Kier alpha value is -0.460. The van der Waals surface area contributed by atoms with Crippen molar-refractivity contribution in [1.29, 1.82) is 0 Å². The molecule has 5 heteroatoms. The SMILES string of the molecule is CCCCCC/C=C/CCO[C@H](CO)[C@H]1OC[C@H](O)[C@H]1O. The number of aliphatic hydroxyl groups excluding tert-OH is 3. The van der Waals surface area contributed by atoms with E-state index in [0.29, 0.717) is 6.61 Å². The van der Waals surface area contributed by atoms with E-state index in [1.54, 1.807) is 0 Å². The zero-order chi connectivity index (χ0) is 15.5. The molecule has 1 aliphatic heterocycles. The van der Waals surface area contributed by atoms with Crippen molar-refractivity contribution >= 4 is 0 Å². The molecule has 1 aliphatic rings. The van der Waals surface area contributed by atoms with Gasteiger partial charge in [0.15, 0.2) is 0 Å². The molecule has 0 aliphatic carbocycles. The van der Waals surface area contributed by atoms with Crippen molar-refractivity contribution in [2.24, 2.45) is 0 Å². The lowest BCUT2D eigenvalue weighted by atomic mass is 10.1. The fourth-order valence-electron chi connectivity index (χ4n) is 2.42. The second kappa shape index (κ2) is 11.2. The van der Waals surface area contributed by atoms with Gasteiger partial charge in [-0.15, -0.1) is 0 Å². The van der Waals surface area contributed by atoms with E-state index in [1.807, 2.05) is 0 Å². The minimum Gasteiger partial charge on any atom is -0.394 e. The van der Waals surface area contributed by atoms with Crippen LogP contribution >= 0.6 is 0 Å². The van der Waals surface area contributed by atoms with Gasteiger partial charge in [-0.3, -0.25) is 0 Å². The molecule has 0 aromatic heterocycles. The van der Waals surface area contributed by atoms with Crippen LogP contribution in [0.5, 0.6) is 0 Å². The van der Waals surface area contributed by atoms with Gasteiger partial charge >= 0.3 is 0 Å². The van der Waals surface area contributed by atoms with E-state index >= 15 is 0 Å². The predicted molar refractivity (Wildman–Crippen MR) is 81.1 cm³/mol. The Morgan fingerprint density at radius 1 is 1.19 bits per heavy atom. The smallest absolute Gasteiger partial charge is 0.114 e. The standard InChI is InChI=1S/C16H30O5/c1-2-3-4-5-6-7-8-9-10-20-14(11-17)16-15(19)13(18)12-21-16/h7-8,13-19H,2-6,9-12H2,1H3/b8-7+/t13-,14+,15+,16+/m0/s1. The number of allylic oxidation sites excluding steroid dienone is 1. The molecule has 124 valence electrons. The summed E-state index contributed by atoms with van der Waals surface area (Å²) < 4.78 is 10.8. The highest BCUT2D eigenvalue weighted by Gasteiger charge is 2.40. The van der Waals surface area contributed by atoms with Crippen molar-refractivity contribution in [2.75, 3.05) is 19.8 Å². The lowest BCUT2D eigenvalue weighted by Gasteiger charge is -2.24. The first-order chi connectivity index (χ1) is 10.2. The van der Waals surface area contributed by atoms with Crippen LogP contribution in [0.4, 0.5) is 0 Å². The topological polar surface area (TPSA) is 79.2 Å². The van der Waals surface area contributed by atoms with Crippen molar-refractivity contribution < 1.29 is 24.8 Å². The second-order valence-electron chi connectivity index (χ2n) is 5.56. The Morgan fingerprint density at radius 2 is 1.95 bits per heavy atom. The number of hydrogen-bond acceptors (Lipinski definition) is 5. The van der Waals surface area contributed by atoms with Crippen LogP contribution in [0.2, 0.25) is 0 Å². The Labute approximate surface area is 127 Å². The van der Waals surface area contributed by atoms with Crippen LogP contribution < -0.4 is 0 Å². The maximum absolute atomic E-state index is 9.72. The molecular weight excluding hydrogens is 272 g/mol. The van der Waals surface area contributed by atoms with E-state index in [9.17, 15) is 15.3 Å². The lowest BCUT2D eigenvalue weighted by molar-refractivity contribution is -0.0996. The summed E-state index contributed by atoms with van der Waals surface area (Å²) in [6.07, 6.45) is 8.06. The van der Waals surface area contributed by atoms with Crippen LogP contribution in [-0.2, 0) is 9.47 Å². The van der Waals surface area contributed by atoms with Gasteiger partial charge in [-0.2, -0.15) is 0 Å². The first kappa shape index (κ1) is 18.6. The number of ether oxygens (including phenoxy) is 2. The van der Waals surface area contributed by atoms with E-state index in [-0.39, 0.29) is 13.2 Å². The van der Waals surface area contributed by atoms with Crippen LogP contribution in [0.15, 0.2) is 12.2 Å². The predicted octanol–water partition coefficient (Wildman–Crippen LogP) is 1.40. The first-order valence-electron chi connectivity index (χ1n) is 8.05. The maximum atomic E-state index is 9.72. The van der Waals surface area contributed by atoms with Crippen molar-refractivity contribution in [2.45, 2.75) is 69.9 Å². The third-order valence-electron chi connectivity index (χ3n) is 3.74. The zero-order valence-corrected chi connectivity index (χ0v) is 13.0. The Bertz CT molecular complexity index is 282. The number of aliphatic hydroxyl groups is 3. The molecule has 5 nitrogen and oxygen atoms in total. The molecule has 0 saturated carbocycles. The molecule has 0 aromatic rings. The largest absolute Gasteiger partial charge is 0.394 e. The molecule has 0 amide bonds. The summed E-state index contributed by atoms with van der Waals surface area (Å²) in [4.78, 5) is 0. The van der Waals surface area contributed by atoms with Crippen LogP contribution in [-0.4, -0.2) is 59.6 Å². The van der Waals surface area contributed by atoms with Crippen LogP contribution in [0.1, 0.15) is 45.4 Å². The third-order valence-corrected chi connectivity index (χ3v) is 3.74. The molecule has 1 rings (SSSR count). The quantitative estimate of drug-likeness (QED) is 0.397. The minimum absolute atomic E-state index is 0.0867. The van der Waals surface area contributed by atoms with Gasteiger partial charge in [-0.05, 0) is 19.3 Å². The van der Waals surface area contributed by atoms with E-state index in [2.05, 4.69) is 19.1 Å². The molecule has 0 radical (unpaired) electrons. The van der Waals surface area contributed by atoms with Gasteiger partial charge < -0.3 is 24.8 Å². The summed E-state index contributed by atoms with van der Waals surface area (Å²) >= 11 is 0. The van der Waals surface area contributed by atoms with Gasteiger partial charge in [0, 0.05) is 0 Å². The Kier molecular flexibility index (Phi) is 9.87. The highest BCUT2D eigenvalue weighted by Crippen LogP contribution is 2.19. The number of hydrogen-bond donors (Lipinski definition) is 3. The lowest BCUT2D eigenvalue weighted by Crippen LogP contribution is -2.42.